The molecule has 0 saturated carbocycles. The van der Waals surface area contributed by atoms with E-state index in [9.17, 15) is 4.79 Å². The van der Waals surface area contributed by atoms with Gasteiger partial charge in [-0.15, -0.1) is 11.3 Å². The number of aromatic nitrogens is 2. The number of para-hydroxylation sites is 1. The van der Waals surface area contributed by atoms with Crippen molar-refractivity contribution in [2.24, 2.45) is 0 Å². The Bertz CT molecular complexity index is 747. The molecule has 4 nitrogen and oxygen atoms in total. The van der Waals surface area contributed by atoms with Crippen molar-refractivity contribution in [3.05, 3.63) is 35.3 Å². The maximum absolute atomic E-state index is 12.2. The van der Waals surface area contributed by atoms with E-state index in [1.807, 2.05) is 43.5 Å². The lowest BCUT2D eigenvalue weighted by Crippen LogP contribution is -2.22. The fourth-order valence-electron chi connectivity index (χ4n) is 1.72. The molecule has 0 aliphatic rings. The van der Waals surface area contributed by atoms with Crippen LogP contribution in [0.5, 0.6) is 0 Å². The molecule has 21 heavy (non-hydrogen) atoms. The summed E-state index contributed by atoms with van der Waals surface area (Å²) < 4.78 is 1.99. The van der Waals surface area contributed by atoms with Crippen LogP contribution in [-0.4, -0.2) is 21.1 Å². The average molecular weight is 335 g/mol. The van der Waals surface area contributed by atoms with Crippen molar-refractivity contribution in [2.75, 3.05) is 5.32 Å². The van der Waals surface area contributed by atoms with E-state index in [2.05, 4.69) is 15.3 Å². The van der Waals surface area contributed by atoms with Gasteiger partial charge in [-0.1, -0.05) is 35.2 Å². The molecule has 108 valence electrons. The van der Waals surface area contributed by atoms with Crippen molar-refractivity contribution in [3.8, 4) is 0 Å². The maximum Gasteiger partial charge on any atom is 0.239 e. The number of nitrogens with one attached hydrogen (secondary N) is 1. The number of fused-ring (bicyclic) bond motifs is 1. The van der Waals surface area contributed by atoms with Crippen molar-refractivity contribution < 1.29 is 4.79 Å². The predicted octanol–water partition coefficient (Wildman–Crippen LogP) is 4.18. The van der Waals surface area contributed by atoms with Gasteiger partial charge in [0.1, 0.15) is 0 Å². The van der Waals surface area contributed by atoms with E-state index in [-0.39, 0.29) is 11.2 Å². The number of hydrogen-bond acceptors (Lipinski definition) is 6. The van der Waals surface area contributed by atoms with Crippen LogP contribution in [0.1, 0.15) is 12.6 Å². The van der Waals surface area contributed by atoms with E-state index in [1.54, 1.807) is 11.3 Å². The number of thioether (sulfide) groups is 1. The summed E-state index contributed by atoms with van der Waals surface area (Å²) >= 11 is 4.52. The van der Waals surface area contributed by atoms with Gasteiger partial charge in [0.05, 0.1) is 15.5 Å². The molecule has 1 aromatic carbocycles. The van der Waals surface area contributed by atoms with Crippen LogP contribution in [-0.2, 0) is 4.79 Å². The zero-order valence-corrected chi connectivity index (χ0v) is 13.9. The number of hydrogen-bond donors (Lipinski definition) is 1. The van der Waals surface area contributed by atoms with E-state index < -0.39 is 0 Å². The van der Waals surface area contributed by atoms with E-state index in [0.29, 0.717) is 5.13 Å². The summed E-state index contributed by atoms with van der Waals surface area (Å²) in [4.78, 5) is 21.0. The SMILES string of the molecule is Cc1csc(SC(C)C(=O)Nc2nc3ccccc3s2)n1. The number of amides is 1. The van der Waals surface area contributed by atoms with Gasteiger partial charge in [0.15, 0.2) is 9.47 Å². The molecule has 0 saturated heterocycles. The highest BCUT2D eigenvalue weighted by atomic mass is 32.2. The fraction of sp³-hybridized carbons (Fsp3) is 0.214. The van der Waals surface area contributed by atoms with Gasteiger partial charge >= 0.3 is 0 Å². The van der Waals surface area contributed by atoms with Gasteiger partial charge in [-0.3, -0.25) is 4.79 Å². The summed E-state index contributed by atoms with van der Waals surface area (Å²) in [7, 11) is 0. The van der Waals surface area contributed by atoms with Gasteiger partial charge < -0.3 is 5.32 Å². The molecule has 1 atom stereocenters. The van der Waals surface area contributed by atoms with Gasteiger partial charge in [0.2, 0.25) is 5.91 Å². The van der Waals surface area contributed by atoms with Gasteiger partial charge in [0.25, 0.3) is 0 Å². The molecule has 1 unspecified atom stereocenters. The van der Waals surface area contributed by atoms with Crippen LogP contribution < -0.4 is 5.32 Å². The summed E-state index contributed by atoms with van der Waals surface area (Å²) in [6.07, 6.45) is 0. The van der Waals surface area contributed by atoms with Gasteiger partial charge in [0, 0.05) is 11.1 Å². The lowest BCUT2D eigenvalue weighted by molar-refractivity contribution is -0.115. The Kier molecular flexibility index (Phi) is 4.23. The van der Waals surface area contributed by atoms with Crippen molar-refractivity contribution in [2.45, 2.75) is 23.4 Å². The Morgan fingerprint density at radius 2 is 2.14 bits per heavy atom. The third-order valence-electron chi connectivity index (χ3n) is 2.77. The van der Waals surface area contributed by atoms with Crippen molar-refractivity contribution in [1.29, 1.82) is 0 Å². The van der Waals surface area contributed by atoms with Gasteiger partial charge in [-0.2, -0.15) is 0 Å². The first-order chi connectivity index (χ1) is 10.1. The minimum absolute atomic E-state index is 0.0492. The first-order valence-corrected chi connectivity index (χ1v) is 8.94. The van der Waals surface area contributed by atoms with Crippen LogP contribution in [0.4, 0.5) is 5.13 Å². The molecule has 0 aliphatic carbocycles. The molecule has 0 fully saturated rings. The van der Waals surface area contributed by atoms with Crippen LogP contribution in [0, 0.1) is 6.92 Å². The molecule has 1 N–H and O–H groups in total. The highest BCUT2D eigenvalue weighted by Crippen LogP contribution is 2.29. The number of carbonyl (C=O) groups excluding carboxylic acids is 1. The second-order valence-corrected chi connectivity index (χ2v) is 7.97. The summed E-state index contributed by atoms with van der Waals surface area (Å²) in [6.45, 7) is 3.83. The Hall–Kier alpha value is -1.44. The topological polar surface area (TPSA) is 54.9 Å². The largest absolute Gasteiger partial charge is 0.301 e. The van der Waals surface area contributed by atoms with Gasteiger partial charge in [-0.25, -0.2) is 9.97 Å². The first-order valence-electron chi connectivity index (χ1n) is 6.37. The number of anilines is 1. The first kappa shape index (κ1) is 14.5. The fourth-order valence-corrected chi connectivity index (χ4v) is 4.58. The number of aryl methyl sites for hydroxylation is 1. The highest BCUT2D eigenvalue weighted by Gasteiger charge is 2.17. The van der Waals surface area contributed by atoms with Crippen molar-refractivity contribution >= 4 is 55.7 Å². The van der Waals surface area contributed by atoms with Crippen LogP contribution in [0.3, 0.4) is 0 Å². The second-order valence-electron chi connectivity index (χ2n) is 4.49. The molecule has 0 aliphatic heterocycles. The van der Waals surface area contributed by atoms with Crippen LogP contribution in [0.15, 0.2) is 34.0 Å². The Balaban J connectivity index is 1.67. The molecule has 2 aromatic heterocycles. The second kappa shape index (κ2) is 6.13. The Labute approximate surface area is 134 Å². The summed E-state index contributed by atoms with van der Waals surface area (Å²) in [5.74, 6) is -0.0492. The zero-order valence-electron chi connectivity index (χ0n) is 11.5. The standard InChI is InChI=1S/C14H13N3OS3/c1-8-7-19-14(15-8)20-9(2)12(18)17-13-16-10-5-3-4-6-11(10)21-13/h3-7,9H,1-2H3,(H,16,17,18). The number of benzene rings is 1. The number of carbonyl (C=O) groups is 1. The average Bonchev–Trinajstić information content (AvgIpc) is 3.04. The van der Waals surface area contributed by atoms with E-state index in [1.165, 1.54) is 23.1 Å². The molecule has 0 radical (unpaired) electrons. The maximum atomic E-state index is 12.2. The third-order valence-corrected chi connectivity index (χ3v) is 5.91. The molecule has 0 spiro atoms. The minimum atomic E-state index is -0.206. The van der Waals surface area contributed by atoms with Crippen molar-refractivity contribution in [1.82, 2.24) is 9.97 Å². The van der Waals surface area contributed by atoms with E-state index in [0.717, 1.165) is 20.3 Å². The van der Waals surface area contributed by atoms with Crippen molar-refractivity contribution in [3.63, 3.8) is 0 Å². The summed E-state index contributed by atoms with van der Waals surface area (Å²) in [5, 5.41) is 5.31. The predicted molar refractivity (Wildman–Crippen MR) is 90.4 cm³/mol. The number of thiazole rings is 2. The molecular weight excluding hydrogens is 322 g/mol. The zero-order chi connectivity index (χ0) is 14.8. The lowest BCUT2D eigenvalue weighted by Gasteiger charge is -2.07. The molecule has 0 bridgehead atoms. The number of rotatable bonds is 4. The molecule has 3 rings (SSSR count). The molecule has 7 heteroatoms. The Morgan fingerprint density at radius 1 is 1.33 bits per heavy atom. The molecule has 3 aromatic rings. The van der Waals surface area contributed by atoms with Crippen LogP contribution >= 0.6 is 34.4 Å². The monoisotopic (exact) mass is 335 g/mol. The molecule has 2 heterocycles. The third kappa shape index (κ3) is 3.42. The van der Waals surface area contributed by atoms with E-state index >= 15 is 0 Å². The Morgan fingerprint density at radius 3 is 2.86 bits per heavy atom. The quantitative estimate of drug-likeness (QED) is 0.727. The summed E-state index contributed by atoms with van der Waals surface area (Å²) in [5.41, 5.74) is 1.90. The van der Waals surface area contributed by atoms with Gasteiger partial charge in [-0.05, 0) is 26.0 Å². The van der Waals surface area contributed by atoms with E-state index in [4.69, 9.17) is 0 Å². The molecular formula is C14H13N3OS3. The van der Waals surface area contributed by atoms with Crippen LogP contribution in [0.2, 0.25) is 0 Å². The highest BCUT2D eigenvalue weighted by molar-refractivity contribution is 8.02. The van der Waals surface area contributed by atoms with Crippen LogP contribution in [0.25, 0.3) is 10.2 Å². The smallest absolute Gasteiger partial charge is 0.239 e. The lowest BCUT2D eigenvalue weighted by atomic mass is 10.3. The molecule has 1 amide bonds. The normalized spacial score (nSPS) is 12.5. The number of nitrogens with zero attached hydrogens (tertiary/aromatic N) is 2. The summed E-state index contributed by atoms with van der Waals surface area (Å²) in [6, 6.07) is 7.85. The minimum Gasteiger partial charge on any atom is -0.301 e.